The quantitative estimate of drug-likeness (QED) is 0.286. The van der Waals surface area contributed by atoms with Gasteiger partial charge in [-0.25, -0.2) is 5.43 Å². The standard InChI is InChI=1S/C14H30N2O2/c1-3-4-5-6-7-8-9-10-11-12-14(18)16-15-13(2)17/h13,15,17H,3-12H2,1-2H3,(H,16,18). The topological polar surface area (TPSA) is 61.4 Å². The van der Waals surface area contributed by atoms with E-state index >= 15 is 0 Å². The lowest BCUT2D eigenvalue weighted by molar-refractivity contribution is -0.123. The molecule has 108 valence electrons. The molecule has 0 aromatic rings. The van der Waals surface area contributed by atoms with Gasteiger partial charge < -0.3 is 5.11 Å². The van der Waals surface area contributed by atoms with E-state index in [0.29, 0.717) is 6.42 Å². The molecule has 0 fully saturated rings. The van der Waals surface area contributed by atoms with Crippen LogP contribution in [0.25, 0.3) is 0 Å². The van der Waals surface area contributed by atoms with Crippen LogP contribution in [0.5, 0.6) is 0 Å². The Kier molecular flexibility index (Phi) is 12.4. The molecule has 0 heterocycles. The number of aliphatic hydroxyl groups excluding tert-OH is 1. The van der Waals surface area contributed by atoms with Gasteiger partial charge in [0.2, 0.25) is 5.91 Å². The van der Waals surface area contributed by atoms with Crippen molar-refractivity contribution in [2.75, 3.05) is 0 Å². The van der Waals surface area contributed by atoms with Gasteiger partial charge in [-0.1, -0.05) is 58.3 Å². The van der Waals surface area contributed by atoms with Gasteiger partial charge in [0.1, 0.15) is 6.23 Å². The number of nitrogens with one attached hydrogen (secondary N) is 2. The van der Waals surface area contributed by atoms with Crippen LogP contribution in [-0.2, 0) is 4.79 Å². The molecule has 0 aliphatic rings. The van der Waals surface area contributed by atoms with Crippen molar-refractivity contribution in [3.63, 3.8) is 0 Å². The number of rotatable bonds is 12. The number of hydrogen-bond acceptors (Lipinski definition) is 3. The Morgan fingerprint density at radius 2 is 1.50 bits per heavy atom. The molecule has 3 N–H and O–H groups in total. The van der Waals surface area contributed by atoms with E-state index in [1.54, 1.807) is 6.92 Å². The lowest BCUT2D eigenvalue weighted by atomic mass is 10.1. The molecule has 0 aliphatic heterocycles. The minimum atomic E-state index is -0.697. The van der Waals surface area contributed by atoms with Crippen LogP contribution >= 0.6 is 0 Å². The van der Waals surface area contributed by atoms with E-state index in [-0.39, 0.29) is 5.91 Å². The fourth-order valence-corrected chi connectivity index (χ4v) is 1.84. The van der Waals surface area contributed by atoms with E-state index in [2.05, 4.69) is 17.8 Å². The van der Waals surface area contributed by atoms with E-state index in [9.17, 15) is 4.79 Å². The first-order valence-electron chi connectivity index (χ1n) is 7.39. The van der Waals surface area contributed by atoms with Crippen molar-refractivity contribution in [3.05, 3.63) is 0 Å². The highest BCUT2D eigenvalue weighted by Crippen LogP contribution is 2.10. The maximum atomic E-state index is 11.3. The van der Waals surface area contributed by atoms with Crippen molar-refractivity contribution in [2.45, 2.75) is 84.3 Å². The van der Waals surface area contributed by atoms with E-state index in [0.717, 1.165) is 12.8 Å². The minimum absolute atomic E-state index is 0.0427. The second-order valence-electron chi connectivity index (χ2n) is 4.95. The zero-order valence-corrected chi connectivity index (χ0v) is 12.0. The summed E-state index contributed by atoms with van der Waals surface area (Å²) < 4.78 is 0. The van der Waals surface area contributed by atoms with Crippen LogP contribution in [0.4, 0.5) is 0 Å². The van der Waals surface area contributed by atoms with Crippen molar-refractivity contribution in [2.24, 2.45) is 0 Å². The summed E-state index contributed by atoms with van der Waals surface area (Å²) in [5, 5.41) is 8.91. The Morgan fingerprint density at radius 1 is 1.00 bits per heavy atom. The normalized spacial score (nSPS) is 12.4. The molecule has 0 saturated carbocycles. The van der Waals surface area contributed by atoms with E-state index in [4.69, 9.17) is 5.11 Å². The highest BCUT2D eigenvalue weighted by atomic mass is 16.3. The second-order valence-corrected chi connectivity index (χ2v) is 4.95. The number of hydrogen-bond donors (Lipinski definition) is 3. The van der Waals surface area contributed by atoms with Gasteiger partial charge in [0.25, 0.3) is 0 Å². The summed E-state index contributed by atoms with van der Waals surface area (Å²) in [7, 11) is 0. The van der Waals surface area contributed by atoms with E-state index in [1.807, 2.05) is 0 Å². The molecule has 1 unspecified atom stereocenters. The van der Waals surface area contributed by atoms with Crippen molar-refractivity contribution in [3.8, 4) is 0 Å². The molecule has 1 atom stereocenters. The zero-order chi connectivity index (χ0) is 13.6. The van der Waals surface area contributed by atoms with Crippen LogP contribution in [0.2, 0.25) is 0 Å². The molecular formula is C14H30N2O2. The maximum absolute atomic E-state index is 11.3. The zero-order valence-electron chi connectivity index (χ0n) is 12.0. The number of unbranched alkanes of at least 4 members (excludes halogenated alkanes) is 8. The molecule has 18 heavy (non-hydrogen) atoms. The summed E-state index contributed by atoms with van der Waals surface area (Å²) in [6.45, 7) is 3.80. The fourth-order valence-electron chi connectivity index (χ4n) is 1.84. The van der Waals surface area contributed by atoms with Gasteiger partial charge in [-0.2, -0.15) is 0 Å². The van der Waals surface area contributed by atoms with Gasteiger partial charge in [-0.3, -0.25) is 10.2 Å². The van der Waals surface area contributed by atoms with Crippen molar-refractivity contribution < 1.29 is 9.90 Å². The first-order chi connectivity index (χ1) is 8.66. The van der Waals surface area contributed by atoms with Gasteiger partial charge in [-0.05, 0) is 13.3 Å². The van der Waals surface area contributed by atoms with Crippen LogP contribution in [0.15, 0.2) is 0 Å². The summed E-state index contributed by atoms with van der Waals surface area (Å²) in [5.74, 6) is -0.0427. The molecule has 0 saturated heterocycles. The van der Waals surface area contributed by atoms with Crippen LogP contribution in [0, 0.1) is 0 Å². The molecular weight excluding hydrogens is 228 g/mol. The first kappa shape index (κ1) is 17.4. The highest BCUT2D eigenvalue weighted by Gasteiger charge is 2.01. The first-order valence-corrected chi connectivity index (χ1v) is 7.39. The van der Waals surface area contributed by atoms with Crippen molar-refractivity contribution >= 4 is 5.91 Å². The lowest BCUT2D eigenvalue weighted by Crippen LogP contribution is -2.42. The van der Waals surface area contributed by atoms with Gasteiger partial charge >= 0.3 is 0 Å². The van der Waals surface area contributed by atoms with E-state index < -0.39 is 6.23 Å². The number of aliphatic hydroxyl groups is 1. The highest BCUT2D eigenvalue weighted by molar-refractivity contribution is 5.75. The van der Waals surface area contributed by atoms with E-state index in [1.165, 1.54) is 44.9 Å². The van der Waals surface area contributed by atoms with Crippen LogP contribution in [0.3, 0.4) is 0 Å². The predicted molar refractivity (Wildman–Crippen MR) is 74.8 cm³/mol. The SMILES string of the molecule is CCCCCCCCCCCC(=O)NNC(C)O. The Labute approximate surface area is 112 Å². The molecule has 1 amide bonds. The van der Waals surface area contributed by atoms with Gasteiger partial charge in [-0.15, -0.1) is 0 Å². The summed E-state index contributed by atoms with van der Waals surface area (Å²) in [6.07, 6.45) is 11.1. The molecule has 0 bridgehead atoms. The number of hydrazine groups is 1. The van der Waals surface area contributed by atoms with Crippen LogP contribution in [-0.4, -0.2) is 17.2 Å². The summed E-state index contributed by atoms with van der Waals surface area (Å²) in [4.78, 5) is 11.3. The predicted octanol–water partition coefficient (Wildman–Crippen LogP) is 2.87. The van der Waals surface area contributed by atoms with Crippen molar-refractivity contribution in [1.29, 1.82) is 0 Å². The molecule has 0 aromatic carbocycles. The smallest absolute Gasteiger partial charge is 0.234 e. The number of amides is 1. The largest absolute Gasteiger partial charge is 0.377 e. The van der Waals surface area contributed by atoms with Crippen molar-refractivity contribution in [1.82, 2.24) is 10.9 Å². The van der Waals surface area contributed by atoms with Gasteiger partial charge in [0, 0.05) is 6.42 Å². The molecule has 0 aromatic heterocycles. The Morgan fingerprint density at radius 3 is 2.00 bits per heavy atom. The maximum Gasteiger partial charge on any atom is 0.234 e. The Bertz CT molecular complexity index is 196. The molecule has 0 spiro atoms. The Hall–Kier alpha value is -0.610. The second kappa shape index (κ2) is 12.8. The third-order valence-corrected chi connectivity index (χ3v) is 2.93. The Balaban J connectivity index is 3.12. The average Bonchev–Trinajstić information content (AvgIpc) is 2.34. The number of carbonyl (C=O) groups excluding carboxylic acids is 1. The molecule has 0 radical (unpaired) electrons. The monoisotopic (exact) mass is 258 g/mol. The fraction of sp³-hybridized carbons (Fsp3) is 0.929. The van der Waals surface area contributed by atoms with Gasteiger partial charge in [0.15, 0.2) is 0 Å². The third kappa shape index (κ3) is 13.5. The number of carbonyl (C=O) groups is 1. The lowest BCUT2D eigenvalue weighted by Gasteiger charge is -2.08. The van der Waals surface area contributed by atoms with Crippen LogP contribution in [0.1, 0.15) is 78.1 Å². The average molecular weight is 258 g/mol. The summed E-state index contributed by atoms with van der Waals surface area (Å²) in [5.41, 5.74) is 4.95. The van der Waals surface area contributed by atoms with Gasteiger partial charge in [0.05, 0.1) is 0 Å². The molecule has 4 heteroatoms. The molecule has 4 nitrogen and oxygen atoms in total. The van der Waals surface area contributed by atoms with Crippen LogP contribution < -0.4 is 10.9 Å². The molecule has 0 aliphatic carbocycles. The summed E-state index contributed by atoms with van der Waals surface area (Å²) >= 11 is 0. The summed E-state index contributed by atoms with van der Waals surface area (Å²) in [6, 6.07) is 0. The molecule has 0 rings (SSSR count). The third-order valence-electron chi connectivity index (χ3n) is 2.93. The minimum Gasteiger partial charge on any atom is -0.377 e.